The van der Waals surface area contributed by atoms with E-state index < -0.39 is 0 Å². The third-order valence-electron chi connectivity index (χ3n) is 4.75. The molecule has 1 heterocycles. The minimum atomic E-state index is -0.243. The second kappa shape index (κ2) is 7.48. The van der Waals surface area contributed by atoms with E-state index in [-0.39, 0.29) is 17.7 Å². The van der Waals surface area contributed by atoms with Gasteiger partial charge in [-0.2, -0.15) is 0 Å². The van der Waals surface area contributed by atoms with Crippen LogP contribution in [0.25, 0.3) is 0 Å². The van der Waals surface area contributed by atoms with Crippen molar-refractivity contribution in [3.05, 3.63) is 101 Å². The zero-order chi connectivity index (χ0) is 19.5. The Bertz CT molecular complexity index is 1010. The Morgan fingerprint density at radius 1 is 0.750 bits per heavy atom. The number of imide groups is 1. The van der Waals surface area contributed by atoms with Crippen molar-refractivity contribution in [3.63, 3.8) is 0 Å². The first-order chi connectivity index (χ1) is 13.6. The number of nitrogens with zero attached hydrogens (tertiary/aromatic N) is 1. The van der Waals surface area contributed by atoms with Gasteiger partial charge in [0.05, 0.1) is 11.1 Å². The molecule has 1 aliphatic heterocycles. The molecular weight excluding hydrogens is 352 g/mol. The van der Waals surface area contributed by atoms with Gasteiger partial charge in [-0.25, -0.2) is 0 Å². The normalized spacial score (nSPS) is 12.8. The van der Waals surface area contributed by atoms with E-state index in [9.17, 15) is 14.4 Å². The van der Waals surface area contributed by atoms with Gasteiger partial charge in [0.15, 0.2) is 0 Å². The first kappa shape index (κ1) is 17.7. The maximum absolute atomic E-state index is 12.4. The Hall–Kier alpha value is -3.73. The van der Waals surface area contributed by atoms with E-state index in [2.05, 4.69) is 5.32 Å². The third kappa shape index (κ3) is 3.42. The number of hydrogen-bond acceptors (Lipinski definition) is 3. The highest BCUT2D eigenvalue weighted by Gasteiger charge is 2.34. The van der Waals surface area contributed by atoms with Crippen molar-refractivity contribution in [2.24, 2.45) is 0 Å². The van der Waals surface area contributed by atoms with Crippen LogP contribution in [-0.2, 0) is 6.42 Å². The summed E-state index contributed by atoms with van der Waals surface area (Å²) in [6.07, 6.45) is 0.554. The molecule has 3 aromatic rings. The average molecular weight is 370 g/mol. The number of fused-ring (bicyclic) bond motifs is 1. The summed E-state index contributed by atoms with van der Waals surface area (Å²) in [5.74, 6) is -0.654. The summed E-state index contributed by atoms with van der Waals surface area (Å²) in [7, 11) is 0. The Morgan fingerprint density at radius 3 is 1.93 bits per heavy atom. The Kier molecular flexibility index (Phi) is 4.72. The molecule has 1 aliphatic rings. The summed E-state index contributed by atoms with van der Waals surface area (Å²) < 4.78 is 0. The van der Waals surface area contributed by atoms with Crippen LogP contribution in [0.1, 0.15) is 36.6 Å². The average Bonchev–Trinajstić information content (AvgIpc) is 2.98. The quantitative estimate of drug-likeness (QED) is 0.695. The molecule has 5 heteroatoms. The van der Waals surface area contributed by atoms with Gasteiger partial charge in [0.25, 0.3) is 17.7 Å². The van der Waals surface area contributed by atoms with Crippen molar-refractivity contribution < 1.29 is 14.4 Å². The van der Waals surface area contributed by atoms with Crippen molar-refractivity contribution in [3.8, 4) is 0 Å². The fourth-order valence-electron chi connectivity index (χ4n) is 3.23. The highest BCUT2D eigenvalue weighted by Crippen LogP contribution is 2.22. The molecule has 0 fully saturated rings. The highest BCUT2D eigenvalue weighted by molar-refractivity contribution is 6.21. The van der Waals surface area contributed by atoms with Crippen LogP contribution >= 0.6 is 0 Å². The minimum Gasteiger partial charge on any atom is -0.322 e. The number of anilines is 1. The molecular formula is C23H18N2O3. The summed E-state index contributed by atoms with van der Waals surface area (Å²) in [5.41, 5.74) is 3.20. The second-order valence-corrected chi connectivity index (χ2v) is 6.57. The molecule has 1 N–H and O–H groups in total. The van der Waals surface area contributed by atoms with Crippen LogP contribution < -0.4 is 5.32 Å². The minimum absolute atomic E-state index is 0.167. The standard InChI is InChI=1S/C23H18N2O3/c26-21(17-6-2-1-3-7-17)24-18-12-10-16(11-13-18)14-15-25-22(27)19-8-4-5-9-20(19)23(25)28/h1-13H,14-15H2,(H,24,26). The predicted molar refractivity (Wildman–Crippen MR) is 106 cm³/mol. The van der Waals surface area contributed by atoms with Crippen molar-refractivity contribution >= 4 is 23.4 Å². The van der Waals surface area contributed by atoms with Gasteiger partial charge < -0.3 is 5.32 Å². The summed E-state index contributed by atoms with van der Waals surface area (Å²) in [5, 5.41) is 2.85. The van der Waals surface area contributed by atoms with E-state index >= 15 is 0 Å². The number of carbonyl (C=O) groups is 3. The van der Waals surface area contributed by atoms with Gasteiger partial charge in [-0.15, -0.1) is 0 Å². The molecule has 0 aromatic heterocycles. The number of carbonyl (C=O) groups excluding carboxylic acids is 3. The van der Waals surface area contributed by atoms with Crippen LogP contribution in [0.15, 0.2) is 78.9 Å². The zero-order valence-corrected chi connectivity index (χ0v) is 15.1. The lowest BCUT2D eigenvalue weighted by molar-refractivity contribution is 0.0656. The highest BCUT2D eigenvalue weighted by atomic mass is 16.2. The summed E-state index contributed by atoms with van der Waals surface area (Å²) in [6.45, 7) is 0.321. The largest absolute Gasteiger partial charge is 0.322 e. The SMILES string of the molecule is O=C(Nc1ccc(CCN2C(=O)c3ccccc3C2=O)cc1)c1ccccc1. The van der Waals surface area contributed by atoms with E-state index in [0.29, 0.717) is 35.3 Å². The molecule has 138 valence electrons. The Labute approximate surface area is 162 Å². The van der Waals surface area contributed by atoms with Crippen LogP contribution in [0, 0.1) is 0 Å². The molecule has 0 atom stereocenters. The number of amides is 3. The van der Waals surface area contributed by atoms with Gasteiger partial charge in [-0.3, -0.25) is 19.3 Å². The summed E-state index contributed by atoms with van der Waals surface area (Å²) in [4.78, 5) is 38.3. The molecule has 5 nitrogen and oxygen atoms in total. The van der Waals surface area contributed by atoms with Gasteiger partial charge in [0.2, 0.25) is 0 Å². The Balaban J connectivity index is 1.37. The zero-order valence-electron chi connectivity index (χ0n) is 15.1. The maximum atomic E-state index is 12.4. The van der Waals surface area contributed by atoms with E-state index in [4.69, 9.17) is 0 Å². The van der Waals surface area contributed by atoms with Crippen LogP contribution in [0.4, 0.5) is 5.69 Å². The molecule has 0 spiro atoms. The van der Waals surface area contributed by atoms with Crippen LogP contribution in [0.5, 0.6) is 0 Å². The lowest BCUT2D eigenvalue weighted by atomic mass is 10.1. The van der Waals surface area contributed by atoms with E-state index in [1.807, 2.05) is 42.5 Å². The van der Waals surface area contributed by atoms with E-state index in [0.717, 1.165) is 5.56 Å². The second-order valence-electron chi connectivity index (χ2n) is 6.57. The molecule has 0 saturated heterocycles. The molecule has 28 heavy (non-hydrogen) atoms. The number of hydrogen-bond donors (Lipinski definition) is 1. The van der Waals surface area contributed by atoms with Crippen molar-refractivity contribution in [2.45, 2.75) is 6.42 Å². The predicted octanol–water partition coefficient (Wildman–Crippen LogP) is 3.78. The van der Waals surface area contributed by atoms with Gasteiger partial charge in [0.1, 0.15) is 0 Å². The molecule has 0 bridgehead atoms. The third-order valence-corrected chi connectivity index (χ3v) is 4.75. The first-order valence-corrected chi connectivity index (χ1v) is 9.04. The lowest BCUT2D eigenvalue weighted by Crippen LogP contribution is -2.31. The Morgan fingerprint density at radius 2 is 1.32 bits per heavy atom. The maximum Gasteiger partial charge on any atom is 0.261 e. The van der Waals surface area contributed by atoms with Crippen LogP contribution in [0.3, 0.4) is 0 Å². The fraction of sp³-hybridized carbons (Fsp3) is 0.0870. The summed E-state index contributed by atoms with van der Waals surface area (Å²) in [6, 6.07) is 23.3. The van der Waals surface area contributed by atoms with Gasteiger partial charge in [-0.1, -0.05) is 42.5 Å². The molecule has 0 radical (unpaired) electrons. The van der Waals surface area contributed by atoms with E-state index in [1.54, 1.807) is 36.4 Å². The topological polar surface area (TPSA) is 66.5 Å². The van der Waals surface area contributed by atoms with Crippen molar-refractivity contribution in [1.82, 2.24) is 4.90 Å². The molecule has 3 aromatic carbocycles. The van der Waals surface area contributed by atoms with Crippen molar-refractivity contribution in [1.29, 1.82) is 0 Å². The van der Waals surface area contributed by atoms with Gasteiger partial charge in [0, 0.05) is 17.8 Å². The van der Waals surface area contributed by atoms with E-state index in [1.165, 1.54) is 4.90 Å². The molecule has 4 rings (SSSR count). The monoisotopic (exact) mass is 370 g/mol. The fourth-order valence-corrected chi connectivity index (χ4v) is 3.23. The molecule has 0 aliphatic carbocycles. The van der Waals surface area contributed by atoms with Gasteiger partial charge in [-0.05, 0) is 48.4 Å². The number of benzene rings is 3. The smallest absolute Gasteiger partial charge is 0.261 e. The lowest BCUT2D eigenvalue weighted by Gasteiger charge is -2.14. The molecule has 0 unspecified atom stereocenters. The van der Waals surface area contributed by atoms with Crippen LogP contribution in [-0.4, -0.2) is 29.2 Å². The molecule has 0 saturated carbocycles. The summed E-state index contributed by atoms with van der Waals surface area (Å²) >= 11 is 0. The number of rotatable bonds is 5. The van der Waals surface area contributed by atoms with Crippen molar-refractivity contribution in [2.75, 3.05) is 11.9 Å². The number of nitrogens with one attached hydrogen (secondary N) is 1. The first-order valence-electron chi connectivity index (χ1n) is 9.04. The molecule has 3 amide bonds. The van der Waals surface area contributed by atoms with Crippen LogP contribution in [0.2, 0.25) is 0 Å². The van der Waals surface area contributed by atoms with Gasteiger partial charge >= 0.3 is 0 Å².